The number of likely N-dealkylation sites (N-methyl/N-ethyl adjacent to an activating group) is 1. The zero-order valence-corrected chi connectivity index (χ0v) is 19.3. The van der Waals surface area contributed by atoms with E-state index in [1.165, 1.54) is 0 Å². The molecule has 2 aromatic carbocycles. The molecule has 3 aliphatic heterocycles. The molecule has 34 heavy (non-hydrogen) atoms. The first-order valence-corrected chi connectivity index (χ1v) is 12.1. The number of quaternary nitrogens is 1. The Balaban J connectivity index is 0.000000350. The molecule has 186 valence electrons. The average Bonchev–Trinajstić information content (AvgIpc) is 2.79. The van der Waals surface area contributed by atoms with Crippen molar-refractivity contribution in [1.29, 1.82) is 0 Å². The Bertz CT molecular complexity index is 1050. The molecular formula is C23H26F3NO6S. The molecule has 11 heteroatoms. The molecule has 1 N–H and O–H groups in total. The fraction of sp³-hybridized carbons (Fsp3) is 0.435. The second kappa shape index (κ2) is 9.65. The van der Waals surface area contributed by atoms with Gasteiger partial charge in [-0.25, -0.2) is 13.2 Å². The molecule has 3 aliphatic rings. The van der Waals surface area contributed by atoms with E-state index in [0.29, 0.717) is 17.0 Å². The Morgan fingerprint density at radius 2 is 1.41 bits per heavy atom. The van der Waals surface area contributed by atoms with Crippen molar-refractivity contribution in [3.8, 4) is 0 Å². The molecule has 0 unspecified atom stereocenters. The molecule has 0 spiro atoms. The van der Waals surface area contributed by atoms with Crippen LogP contribution in [0.15, 0.2) is 60.7 Å². The molecule has 3 heterocycles. The van der Waals surface area contributed by atoms with Crippen molar-refractivity contribution in [3.63, 3.8) is 0 Å². The Kier molecular flexibility index (Phi) is 7.42. The number of carbonyl (C=O) groups is 1. The highest BCUT2D eigenvalue weighted by Gasteiger charge is 2.49. The molecule has 0 amide bonds. The minimum atomic E-state index is -6.09. The largest absolute Gasteiger partial charge is 0.741 e. The third-order valence-electron chi connectivity index (χ3n) is 6.45. The molecule has 2 aromatic rings. The first kappa shape index (κ1) is 26.1. The van der Waals surface area contributed by atoms with Gasteiger partial charge in [-0.15, -0.1) is 0 Å². The maximum absolute atomic E-state index is 13.2. The molecule has 0 radical (unpaired) electrons. The number of hydrogen-bond donors (Lipinski definition) is 1. The molecule has 1 atom stereocenters. The quantitative estimate of drug-likeness (QED) is 0.300. The van der Waals surface area contributed by atoms with Crippen LogP contribution in [0.3, 0.4) is 0 Å². The van der Waals surface area contributed by atoms with Gasteiger partial charge < -0.3 is 18.9 Å². The van der Waals surface area contributed by atoms with Crippen LogP contribution in [0.5, 0.6) is 0 Å². The maximum Gasteiger partial charge on any atom is 0.485 e. The molecule has 3 saturated heterocycles. The summed E-state index contributed by atoms with van der Waals surface area (Å²) in [6, 6.07) is 18.2. The number of alkyl halides is 3. The third-order valence-corrected chi connectivity index (χ3v) is 7.01. The fourth-order valence-corrected chi connectivity index (χ4v) is 4.47. The maximum atomic E-state index is 13.2. The second-order valence-corrected chi connectivity index (χ2v) is 10.2. The predicted octanol–water partition coefficient (Wildman–Crippen LogP) is 2.76. The third kappa shape index (κ3) is 5.60. The van der Waals surface area contributed by atoms with E-state index in [-0.39, 0.29) is 6.10 Å². The fourth-order valence-electron chi connectivity index (χ4n) is 4.47. The van der Waals surface area contributed by atoms with Crippen molar-refractivity contribution in [2.75, 3.05) is 26.7 Å². The van der Waals surface area contributed by atoms with Gasteiger partial charge in [0.05, 0.1) is 20.1 Å². The summed E-state index contributed by atoms with van der Waals surface area (Å²) >= 11 is 0. The minimum Gasteiger partial charge on any atom is -0.741 e. The van der Waals surface area contributed by atoms with Crippen molar-refractivity contribution in [3.05, 3.63) is 71.8 Å². The van der Waals surface area contributed by atoms with Gasteiger partial charge in [-0.2, -0.15) is 13.2 Å². The summed E-state index contributed by atoms with van der Waals surface area (Å²) in [6.07, 6.45) is 2.06. The van der Waals surface area contributed by atoms with Crippen LogP contribution >= 0.6 is 0 Å². The van der Waals surface area contributed by atoms with Crippen LogP contribution in [0.4, 0.5) is 13.2 Å². The number of ether oxygens (including phenoxy) is 1. The molecule has 7 nitrogen and oxygen atoms in total. The first-order chi connectivity index (χ1) is 15.8. The van der Waals surface area contributed by atoms with Crippen LogP contribution in [-0.2, 0) is 25.3 Å². The van der Waals surface area contributed by atoms with E-state index in [9.17, 15) is 23.1 Å². The highest BCUT2D eigenvalue weighted by atomic mass is 32.2. The number of piperidine rings is 3. The van der Waals surface area contributed by atoms with Gasteiger partial charge in [0.2, 0.25) is 5.60 Å². The van der Waals surface area contributed by atoms with E-state index in [1.807, 2.05) is 36.4 Å². The van der Waals surface area contributed by atoms with Crippen LogP contribution in [-0.4, -0.2) is 66.8 Å². The lowest BCUT2D eigenvalue weighted by atomic mass is 9.81. The highest BCUT2D eigenvalue weighted by molar-refractivity contribution is 7.86. The van der Waals surface area contributed by atoms with Crippen molar-refractivity contribution < 1.29 is 45.3 Å². The number of aliphatic hydroxyl groups is 1. The van der Waals surface area contributed by atoms with E-state index in [2.05, 4.69) is 7.05 Å². The summed E-state index contributed by atoms with van der Waals surface area (Å²) < 4.78 is 65.8. The Morgan fingerprint density at radius 1 is 1.00 bits per heavy atom. The van der Waals surface area contributed by atoms with Gasteiger partial charge in [0.15, 0.2) is 16.2 Å². The van der Waals surface area contributed by atoms with Gasteiger partial charge >= 0.3 is 11.5 Å². The number of hydrogen-bond acceptors (Lipinski definition) is 6. The van der Waals surface area contributed by atoms with E-state index in [0.717, 1.165) is 37.0 Å². The Hall–Kier alpha value is -2.47. The average molecular weight is 501 g/mol. The summed E-state index contributed by atoms with van der Waals surface area (Å²) in [4.78, 5) is 13.2. The smallest absolute Gasteiger partial charge is 0.485 e. The number of carbonyl (C=O) groups excluding carboxylic acids is 1. The van der Waals surface area contributed by atoms with Crippen molar-refractivity contribution >= 4 is 16.1 Å². The number of rotatable bonds is 4. The summed E-state index contributed by atoms with van der Waals surface area (Å²) in [5.41, 5.74) is -6.35. The number of benzene rings is 2. The Morgan fingerprint density at radius 3 is 1.76 bits per heavy atom. The lowest BCUT2D eigenvalue weighted by Gasteiger charge is -2.50. The van der Waals surface area contributed by atoms with E-state index >= 15 is 0 Å². The second-order valence-electron chi connectivity index (χ2n) is 8.87. The van der Waals surface area contributed by atoms with Gasteiger partial charge in [0, 0.05) is 18.8 Å². The highest BCUT2D eigenvalue weighted by Crippen LogP contribution is 2.37. The number of esters is 1. The van der Waals surface area contributed by atoms with Crippen LogP contribution in [0, 0.1) is 5.92 Å². The summed E-state index contributed by atoms with van der Waals surface area (Å²) in [5.74, 6) is -0.157. The number of nitrogens with zero attached hydrogens (tertiary/aromatic N) is 1. The molecule has 5 rings (SSSR count). The van der Waals surface area contributed by atoms with Crippen molar-refractivity contribution in [1.82, 2.24) is 0 Å². The molecular weight excluding hydrogens is 474 g/mol. The summed E-state index contributed by atoms with van der Waals surface area (Å²) in [5, 5.41) is 11.5. The van der Waals surface area contributed by atoms with E-state index in [4.69, 9.17) is 17.7 Å². The minimum absolute atomic E-state index is 0.117. The lowest BCUT2D eigenvalue weighted by molar-refractivity contribution is -0.928. The molecule has 2 bridgehead atoms. The first-order valence-electron chi connectivity index (χ1n) is 10.7. The Labute approximate surface area is 196 Å². The monoisotopic (exact) mass is 500 g/mol. The van der Waals surface area contributed by atoms with Crippen LogP contribution < -0.4 is 0 Å². The van der Waals surface area contributed by atoms with Crippen LogP contribution in [0.2, 0.25) is 0 Å². The zero-order valence-electron chi connectivity index (χ0n) is 18.4. The SMILES string of the molecule is O=S(=O)([O-])C(F)(F)F.[11CH3][N+]12CCC(CC1)[C@H](OC(=O)C(O)(c1ccccc1)c1ccccc1)C2. The molecule has 0 aromatic heterocycles. The van der Waals surface area contributed by atoms with Crippen molar-refractivity contribution in [2.24, 2.45) is 5.92 Å². The number of halogens is 3. The van der Waals surface area contributed by atoms with Gasteiger partial charge in [-0.3, -0.25) is 0 Å². The van der Waals surface area contributed by atoms with Gasteiger partial charge in [-0.1, -0.05) is 60.7 Å². The topological polar surface area (TPSA) is 104 Å². The normalized spacial score (nSPS) is 24.6. The van der Waals surface area contributed by atoms with E-state index in [1.54, 1.807) is 24.3 Å². The van der Waals surface area contributed by atoms with Gasteiger partial charge in [-0.05, 0) is 11.1 Å². The van der Waals surface area contributed by atoms with Gasteiger partial charge in [0.25, 0.3) is 0 Å². The summed E-state index contributed by atoms with van der Waals surface area (Å²) in [7, 11) is -3.86. The van der Waals surface area contributed by atoms with E-state index < -0.39 is 27.2 Å². The zero-order chi connectivity index (χ0) is 25.2. The predicted molar refractivity (Wildman–Crippen MR) is 115 cm³/mol. The number of fused-ring (bicyclic) bond motifs is 3. The van der Waals surface area contributed by atoms with Crippen LogP contribution in [0.25, 0.3) is 0 Å². The molecule has 0 saturated carbocycles. The van der Waals surface area contributed by atoms with Crippen molar-refractivity contribution in [2.45, 2.75) is 30.1 Å². The van der Waals surface area contributed by atoms with Crippen LogP contribution in [0.1, 0.15) is 24.0 Å². The molecule has 3 fully saturated rings. The van der Waals surface area contributed by atoms with Gasteiger partial charge in [0.1, 0.15) is 6.54 Å². The lowest BCUT2D eigenvalue weighted by Crippen LogP contribution is -2.62. The summed E-state index contributed by atoms with van der Waals surface area (Å²) in [6.45, 7) is 3.15. The molecule has 0 aliphatic carbocycles. The standard InChI is InChI=1S/C22H26NO3.CHF3O3S/c1-23-14-12-17(13-15-23)20(16-23)26-21(24)22(25,18-8-4-2-5-9-18)19-10-6-3-7-11-19;2-1(3,4)8(5,6)7/h2-11,17,20,25H,12-16H2,1H3;(H,5,6,7)/q+1;/p-1/t17?,20-,23?;/m1./s1/i1-1;.